The van der Waals surface area contributed by atoms with E-state index in [-0.39, 0.29) is 12.1 Å². The van der Waals surface area contributed by atoms with E-state index in [0.29, 0.717) is 6.04 Å². The molecule has 1 atom stereocenters. The molecule has 18 heavy (non-hydrogen) atoms. The van der Waals surface area contributed by atoms with Gasteiger partial charge in [-0.1, -0.05) is 25.0 Å². The number of anilines is 1. The summed E-state index contributed by atoms with van der Waals surface area (Å²) in [5.74, 6) is 0. The van der Waals surface area contributed by atoms with Crippen LogP contribution in [0.3, 0.4) is 0 Å². The van der Waals surface area contributed by atoms with Crippen molar-refractivity contribution in [1.82, 2.24) is 10.6 Å². The maximum absolute atomic E-state index is 11.8. The molecular formula is C14H21N3O. The van der Waals surface area contributed by atoms with E-state index in [9.17, 15) is 4.79 Å². The maximum atomic E-state index is 11.8. The number of nitrogens with two attached hydrogens (primary N) is 1. The second-order valence-electron chi connectivity index (χ2n) is 4.99. The summed E-state index contributed by atoms with van der Waals surface area (Å²) < 4.78 is 0. The Labute approximate surface area is 108 Å². The lowest BCUT2D eigenvalue weighted by atomic mass is 10.1. The van der Waals surface area contributed by atoms with Gasteiger partial charge in [0.25, 0.3) is 0 Å². The molecule has 0 heterocycles. The summed E-state index contributed by atoms with van der Waals surface area (Å²) >= 11 is 0. The van der Waals surface area contributed by atoms with E-state index in [1.807, 2.05) is 31.2 Å². The summed E-state index contributed by atoms with van der Waals surface area (Å²) in [7, 11) is 0. The van der Waals surface area contributed by atoms with Crippen LogP contribution in [0.2, 0.25) is 0 Å². The van der Waals surface area contributed by atoms with Crippen LogP contribution < -0.4 is 16.4 Å². The molecule has 0 bridgehead atoms. The number of rotatable bonds is 3. The van der Waals surface area contributed by atoms with Crippen molar-refractivity contribution in [3.63, 3.8) is 0 Å². The largest absolute Gasteiger partial charge is 0.399 e. The summed E-state index contributed by atoms with van der Waals surface area (Å²) in [4.78, 5) is 11.8. The molecule has 1 saturated carbocycles. The summed E-state index contributed by atoms with van der Waals surface area (Å²) in [5, 5.41) is 5.96. The molecule has 1 aromatic carbocycles. The Morgan fingerprint density at radius 3 is 2.78 bits per heavy atom. The van der Waals surface area contributed by atoms with E-state index in [0.717, 1.165) is 24.1 Å². The average Bonchev–Trinajstić information content (AvgIpc) is 2.81. The predicted molar refractivity (Wildman–Crippen MR) is 73.2 cm³/mol. The fourth-order valence-corrected chi connectivity index (χ4v) is 2.41. The summed E-state index contributed by atoms with van der Waals surface area (Å²) in [5.41, 5.74) is 7.48. The minimum Gasteiger partial charge on any atom is -0.399 e. The zero-order chi connectivity index (χ0) is 13.0. The van der Waals surface area contributed by atoms with Crippen LogP contribution in [0.1, 0.15) is 44.2 Å². The van der Waals surface area contributed by atoms with Crippen molar-refractivity contribution in [3.8, 4) is 0 Å². The minimum absolute atomic E-state index is 0.0325. The molecule has 4 N–H and O–H groups in total. The van der Waals surface area contributed by atoms with Crippen LogP contribution in [0, 0.1) is 0 Å². The molecule has 1 aliphatic carbocycles. The van der Waals surface area contributed by atoms with Crippen molar-refractivity contribution in [2.75, 3.05) is 5.73 Å². The van der Waals surface area contributed by atoms with Crippen LogP contribution in [0.5, 0.6) is 0 Å². The fourth-order valence-electron chi connectivity index (χ4n) is 2.41. The fraction of sp³-hybridized carbons (Fsp3) is 0.500. The molecule has 0 saturated heterocycles. The topological polar surface area (TPSA) is 67.2 Å². The molecule has 98 valence electrons. The highest BCUT2D eigenvalue weighted by Gasteiger charge is 2.18. The Hall–Kier alpha value is -1.71. The van der Waals surface area contributed by atoms with Crippen molar-refractivity contribution >= 4 is 11.7 Å². The number of hydrogen-bond donors (Lipinski definition) is 3. The monoisotopic (exact) mass is 247 g/mol. The van der Waals surface area contributed by atoms with Gasteiger partial charge in [0, 0.05) is 11.7 Å². The van der Waals surface area contributed by atoms with Gasteiger partial charge in [-0.05, 0) is 37.5 Å². The first-order chi connectivity index (χ1) is 8.65. The van der Waals surface area contributed by atoms with Gasteiger partial charge in [0.05, 0.1) is 6.04 Å². The first-order valence-corrected chi connectivity index (χ1v) is 6.57. The molecule has 1 fully saturated rings. The molecule has 0 spiro atoms. The molecule has 0 aromatic heterocycles. The predicted octanol–water partition coefficient (Wildman–Crippen LogP) is 2.57. The van der Waals surface area contributed by atoms with E-state index in [1.165, 1.54) is 12.8 Å². The van der Waals surface area contributed by atoms with Gasteiger partial charge in [0.1, 0.15) is 0 Å². The van der Waals surface area contributed by atoms with Crippen molar-refractivity contribution in [2.45, 2.75) is 44.7 Å². The zero-order valence-electron chi connectivity index (χ0n) is 10.8. The van der Waals surface area contributed by atoms with E-state index in [1.54, 1.807) is 0 Å². The van der Waals surface area contributed by atoms with Gasteiger partial charge in [-0.3, -0.25) is 0 Å². The Morgan fingerprint density at radius 1 is 1.39 bits per heavy atom. The standard InChI is InChI=1S/C14H21N3O/c1-10(11-5-4-6-12(15)9-11)16-14(18)17-13-7-2-3-8-13/h4-6,9-10,13H,2-3,7-8,15H2,1H3,(H2,16,17,18). The van der Waals surface area contributed by atoms with E-state index in [2.05, 4.69) is 10.6 Å². The van der Waals surface area contributed by atoms with Gasteiger partial charge in [-0.25, -0.2) is 4.79 Å². The van der Waals surface area contributed by atoms with Gasteiger partial charge in [0.2, 0.25) is 0 Å². The number of urea groups is 1. The molecular weight excluding hydrogens is 226 g/mol. The maximum Gasteiger partial charge on any atom is 0.315 e. The number of benzene rings is 1. The van der Waals surface area contributed by atoms with Gasteiger partial charge < -0.3 is 16.4 Å². The lowest BCUT2D eigenvalue weighted by Crippen LogP contribution is -2.41. The van der Waals surface area contributed by atoms with Gasteiger partial charge in [0.15, 0.2) is 0 Å². The van der Waals surface area contributed by atoms with E-state index in [4.69, 9.17) is 5.73 Å². The van der Waals surface area contributed by atoms with E-state index < -0.39 is 0 Å². The normalized spacial score (nSPS) is 17.4. The van der Waals surface area contributed by atoms with Crippen LogP contribution in [0.25, 0.3) is 0 Å². The number of nitrogens with one attached hydrogen (secondary N) is 2. The lowest BCUT2D eigenvalue weighted by molar-refractivity contribution is 0.234. The van der Waals surface area contributed by atoms with E-state index >= 15 is 0 Å². The quantitative estimate of drug-likeness (QED) is 0.719. The third-order valence-electron chi connectivity index (χ3n) is 3.45. The van der Waals surface area contributed by atoms with Crippen LogP contribution >= 0.6 is 0 Å². The SMILES string of the molecule is CC(NC(=O)NC1CCCC1)c1cccc(N)c1. The molecule has 0 aliphatic heterocycles. The first kappa shape index (κ1) is 12.7. The third kappa shape index (κ3) is 3.39. The number of nitrogen functional groups attached to an aromatic ring is 1. The van der Waals surface area contributed by atoms with Crippen molar-refractivity contribution in [2.24, 2.45) is 0 Å². The molecule has 2 rings (SSSR count). The molecule has 1 aliphatic rings. The van der Waals surface area contributed by atoms with Crippen LogP contribution in [0.4, 0.5) is 10.5 Å². The smallest absolute Gasteiger partial charge is 0.315 e. The summed E-state index contributed by atoms with van der Waals surface area (Å²) in [6, 6.07) is 7.83. The molecule has 2 amide bonds. The van der Waals surface area contributed by atoms with Crippen molar-refractivity contribution in [1.29, 1.82) is 0 Å². The van der Waals surface area contributed by atoms with Gasteiger partial charge in [-0.2, -0.15) is 0 Å². The zero-order valence-corrected chi connectivity index (χ0v) is 10.8. The number of amides is 2. The molecule has 4 heteroatoms. The average molecular weight is 247 g/mol. The molecule has 0 radical (unpaired) electrons. The summed E-state index contributed by atoms with van der Waals surface area (Å²) in [6.07, 6.45) is 4.63. The highest BCUT2D eigenvalue weighted by molar-refractivity contribution is 5.74. The van der Waals surface area contributed by atoms with Crippen LogP contribution in [0.15, 0.2) is 24.3 Å². The molecule has 1 unspecified atom stereocenters. The Bertz CT molecular complexity index is 413. The highest BCUT2D eigenvalue weighted by Crippen LogP contribution is 2.18. The van der Waals surface area contributed by atoms with Crippen molar-refractivity contribution < 1.29 is 4.79 Å². The van der Waals surface area contributed by atoms with Crippen LogP contribution in [-0.4, -0.2) is 12.1 Å². The minimum atomic E-state index is -0.0863. The van der Waals surface area contributed by atoms with Gasteiger partial charge >= 0.3 is 6.03 Å². The van der Waals surface area contributed by atoms with Gasteiger partial charge in [-0.15, -0.1) is 0 Å². The van der Waals surface area contributed by atoms with Crippen LogP contribution in [-0.2, 0) is 0 Å². The summed E-state index contributed by atoms with van der Waals surface area (Å²) in [6.45, 7) is 1.96. The molecule has 4 nitrogen and oxygen atoms in total. The number of carbonyl (C=O) groups excluding carboxylic acids is 1. The second kappa shape index (κ2) is 5.76. The number of carbonyl (C=O) groups is 1. The molecule has 1 aromatic rings. The first-order valence-electron chi connectivity index (χ1n) is 6.57. The highest BCUT2D eigenvalue weighted by atomic mass is 16.2. The second-order valence-corrected chi connectivity index (χ2v) is 4.99. The Balaban J connectivity index is 1.86. The number of hydrogen-bond acceptors (Lipinski definition) is 2. The lowest BCUT2D eigenvalue weighted by Gasteiger charge is -2.18. The third-order valence-corrected chi connectivity index (χ3v) is 3.45. The Kier molecular flexibility index (Phi) is 4.07. The Morgan fingerprint density at radius 2 is 2.11 bits per heavy atom. The van der Waals surface area contributed by atoms with Crippen molar-refractivity contribution in [3.05, 3.63) is 29.8 Å².